The highest BCUT2D eigenvalue weighted by atomic mass is 35.5. The fraction of sp³-hybridized carbons (Fsp3) is 0.263. The average Bonchev–Trinajstić information content (AvgIpc) is 3.01. The molecule has 142 valence electrons. The van der Waals surface area contributed by atoms with Crippen LogP contribution in [0.1, 0.15) is 34.8 Å². The van der Waals surface area contributed by atoms with Gasteiger partial charge in [-0.2, -0.15) is 0 Å². The van der Waals surface area contributed by atoms with Crippen LogP contribution in [0.25, 0.3) is 5.69 Å². The number of carbonyl (C=O) groups is 2. The molecule has 1 saturated heterocycles. The smallest absolute Gasteiger partial charge is 0.267 e. The third-order valence-corrected chi connectivity index (χ3v) is 5.58. The highest BCUT2D eigenvalue weighted by Crippen LogP contribution is 2.36. The van der Waals surface area contributed by atoms with Crippen molar-refractivity contribution in [2.45, 2.75) is 18.8 Å². The summed E-state index contributed by atoms with van der Waals surface area (Å²) in [4.78, 5) is 25.8. The second-order valence-electron chi connectivity index (χ2n) is 6.51. The SMILES string of the molecule is C=CC(=O)N1CCCC(c2cn(-c3ccc(Cl)c(Cl)c3)c(C(N)=O)c2N)C1. The van der Waals surface area contributed by atoms with Crippen LogP contribution in [0, 0.1) is 0 Å². The number of rotatable bonds is 4. The predicted molar refractivity (Wildman–Crippen MR) is 107 cm³/mol. The number of carbonyl (C=O) groups excluding carboxylic acids is 2. The second-order valence-corrected chi connectivity index (χ2v) is 7.32. The molecule has 0 aliphatic carbocycles. The summed E-state index contributed by atoms with van der Waals surface area (Å²) in [6.45, 7) is 4.73. The number of anilines is 1. The van der Waals surface area contributed by atoms with Gasteiger partial charge in [0.25, 0.3) is 5.91 Å². The zero-order valence-electron chi connectivity index (χ0n) is 14.6. The fourth-order valence-corrected chi connectivity index (χ4v) is 3.81. The van der Waals surface area contributed by atoms with E-state index >= 15 is 0 Å². The van der Waals surface area contributed by atoms with Crippen molar-refractivity contribution in [3.63, 3.8) is 0 Å². The molecule has 1 aliphatic rings. The van der Waals surface area contributed by atoms with Crippen molar-refractivity contribution in [1.82, 2.24) is 9.47 Å². The maximum atomic E-state index is 12.1. The molecule has 0 radical (unpaired) electrons. The molecule has 2 aromatic rings. The summed E-state index contributed by atoms with van der Waals surface area (Å²) in [6.07, 6.45) is 4.80. The summed E-state index contributed by atoms with van der Waals surface area (Å²) in [5.74, 6) is -0.748. The zero-order valence-corrected chi connectivity index (χ0v) is 16.1. The van der Waals surface area contributed by atoms with Crippen LogP contribution in [0.5, 0.6) is 0 Å². The summed E-state index contributed by atoms with van der Waals surface area (Å²) in [5.41, 5.74) is 13.8. The standard InChI is InChI=1S/C19H20Cl2N4O2/c1-2-16(26)24-7-3-4-11(9-24)13-10-25(18(17(13)22)19(23)27)12-5-6-14(20)15(21)8-12/h2,5-6,8,10-11H,1,3-4,7,9,22H2,(H2,23,27). The van der Waals surface area contributed by atoms with Gasteiger partial charge in [-0.15, -0.1) is 0 Å². The molecule has 8 heteroatoms. The van der Waals surface area contributed by atoms with Crippen LogP contribution >= 0.6 is 23.2 Å². The Morgan fingerprint density at radius 2 is 2.00 bits per heavy atom. The van der Waals surface area contributed by atoms with Gasteiger partial charge in [-0.05, 0) is 42.7 Å². The minimum Gasteiger partial charge on any atom is -0.397 e. The van der Waals surface area contributed by atoms with Crippen molar-refractivity contribution in [3.05, 3.63) is 58.4 Å². The van der Waals surface area contributed by atoms with Crippen molar-refractivity contribution in [2.24, 2.45) is 5.73 Å². The molecule has 0 saturated carbocycles. The van der Waals surface area contributed by atoms with Crippen LogP contribution < -0.4 is 11.5 Å². The van der Waals surface area contributed by atoms with E-state index in [1.165, 1.54) is 6.08 Å². The number of amides is 2. The van der Waals surface area contributed by atoms with Gasteiger partial charge in [0, 0.05) is 30.9 Å². The molecular formula is C19H20Cl2N4O2. The molecule has 3 rings (SSSR count). The Balaban J connectivity index is 2.04. The van der Waals surface area contributed by atoms with Gasteiger partial charge >= 0.3 is 0 Å². The van der Waals surface area contributed by atoms with Crippen molar-refractivity contribution in [2.75, 3.05) is 18.8 Å². The quantitative estimate of drug-likeness (QED) is 0.761. The van der Waals surface area contributed by atoms with E-state index in [0.29, 0.717) is 34.5 Å². The van der Waals surface area contributed by atoms with E-state index in [-0.39, 0.29) is 17.5 Å². The molecule has 1 aromatic heterocycles. The minimum absolute atomic E-state index is 0.00442. The molecular weight excluding hydrogens is 387 g/mol. The van der Waals surface area contributed by atoms with Crippen molar-refractivity contribution in [3.8, 4) is 5.69 Å². The van der Waals surface area contributed by atoms with Crippen LogP contribution in [-0.4, -0.2) is 34.4 Å². The van der Waals surface area contributed by atoms with E-state index < -0.39 is 5.91 Å². The third-order valence-electron chi connectivity index (χ3n) is 4.84. The summed E-state index contributed by atoms with van der Waals surface area (Å²) < 4.78 is 1.63. The Labute approximate surface area is 167 Å². The molecule has 4 N–H and O–H groups in total. The van der Waals surface area contributed by atoms with Gasteiger partial charge in [0.15, 0.2) is 0 Å². The third kappa shape index (κ3) is 3.68. The number of primary amides is 1. The molecule has 1 unspecified atom stereocenters. The van der Waals surface area contributed by atoms with Gasteiger partial charge < -0.3 is 20.9 Å². The molecule has 6 nitrogen and oxygen atoms in total. The van der Waals surface area contributed by atoms with Gasteiger partial charge in [0.2, 0.25) is 5.91 Å². The molecule has 1 fully saturated rings. The molecule has 0 spiro atoms. The minimum atomic E-state index is -0.639. The lowest BCUT2D eigenvalue weighted by Gasteiger charge is -2.32. The fourth-order valence-electron chi connectivity index (χ4n) is 3.52. The number of piperidine rings is 1. The highest BCUT2D eigenvalue weighted by Gasteiger charge is 2.29. The molecule has 0 bridgehead atoms. The Bertz CT molecular complexity index is 923. The zero-order chi connectivity index (χ0) is 19.7. The average molecular weight is 407 g/mol. The first kappa shape index (κ1) is 19.3. The number of nitrogens with zero attached hydrogens (tertiary/aromatic N) is 2. The lowest BCUT2D eigenvalue weighted by molar-refractivity contribution is -0.127. The second kappa shape index (κ2) is 7.66. The van der Waals surface area contributed by atoms with Gasteiger partial charge in [-0.1, -0.05) is 29.8 Å². The number of hydrogen-bond donors (Lipinski definition) is 2. The van der Waals surface area contributed by atoms with Gasteiger partial charge in [0.1, 0.15) is 5.69 Å². The van der Waals surface area contributed by atoms with E-state index in [4.69, 9.17) is 34.7 Å². The molecule has 2 amide bonds. The number of nitrogens with two attached hydrogens (primary N) is 2. The molecule has 1 aromatic carbocycles. The number of aromatic nitrogens is 1. The molecule has 1 atom stereocenters. The number of benzene rings is 1. The lowest BCUT2D eigenvalue weighted by atomic mass is 9.91. The highest BCUT2D eigenvalue weighted by molar-refractivity contribution is 6.42. The van der Waals surface area contributed by atoms with E-state index in [2.05, 4.69) is 6.58 Å². The number of likely N-dealkylation sites (tertiary alicyclic amines) is 1. The van der Waals surface area contributed by atoms with Crippen LogP contribution in [0.2, 0.25) is 10.0 Å². The van der Waals surface area contributed by atoms with Crippen LogP contribution in [0.15, 0.2) is 37.1 Å². The predicted octanol–water partition coefficient (Wildman–Crippen LogP) is 3.36. The van der Waals surface area contributed by atoms with E-state index in [1.807, 2.05) is 0 Å². The summed E-state index contributed by atoms with van der Waals surface area (Å²) >= 11 is 12.1. The summed E-state index contributed by atoms with van der Waals surface area (Å²) in [6, 6.07) is 5.03. The van der Waals surface area contributed by atoms with Gasteiger partial charge in [-0.3, -0.25) is 9.59 Å². The van der Waals surface area contributed by atoms with Crippen LogP contribution in [0.4, 0.5) is 5.69 Å². The Hall–Kier alpha value is -2.44. The van der Waals surface area contributed by atoms with E-state index in [0.717, 1.165) is 18.4 Å². The van der Waals surface area contributed by atoms with E-state index in [9.17, 15) is 9.59 Å². The summed E-state index contributed by atoms with van der Waals surface area (Å²) in [7, 11) is 0. The Morgan fingerprint density at radius 3 is 2.63 bits per heavy atom. The van der Waals surface area contributed by atoms with Gasteiger partial charge in [-0.25, -0.2) is 0 Å². The van der Waals surface area contributed by atoms with Crippen LogP contribution in [-0.2, 0) is 4.79 Å². The number of nitrogen functional groups attached to an aromatic ring is 1. The normalized spacial score (nSPS) is 17.0. The van der Waals surface area contributed by atoms with Crippen molar-refractivity contribution in [1.29, 1.82) is 0 Å². The first-order valence-electron chi connectivity index (χ1n) is 8.50. The van der Waals surface area contributed by atoms with Crippen LogP contribution in [0.3, 0.4) is 0 Å². The Kier molecular flexibility index (Phi) is 5.48. The number of halogens is 2. The largest absolute Gasteiger partial charge is 0.397 e. The van der Waals surface area contributed by atoms with E-state index in [1.54, 1.807) is 33.9 Å². The lowest BCUT2D eigenvalue weighted by Crippen LogP contribution is -2.38. The van der Waals surface area contributed by atoms with Crippen molar-refractivity contribution >= 4 is 40.7 Å². The van der Waals surface area contributed by atoms with Gasteiger partial charge in [0.05, 0.1) is 15.7 Å². The summed E-state index contributed by atoms with van der Waals surface area (Å²) in [5, 5.41) is 0.770. The number of hydrogen-bond acceptors (Lipinski definition) is 3. The van der Waals surface area contributed by atoms with Crippen molar-refractivity contribution < 1.29 is 9.59 Å². The Morgan fingerprint density at radius 1 is 1.26 bits per heavy atom. The maximum Gasteiger partial charge on any atom is 0.267 e. The maximum absolute atomic E-state index is 12.1. The first-order valence-corrected chi connectivity index (χ1v) is 9.26. The first-order chi connectivity index (χ1) is 12.8. The molecule has 2 heterocycles. The topological polar surface area (TPSA) is 94.4 Å². The molecule has 1 aliphatic heterocycles. The monoisotopic (exact) mass is 406 g/mol. The molecule has 27 heavy (non-hydrogen) atoms.